The topological polar surface area (TPSA) is 3.24 Å². The Morgan fingerprint density at radius 1 is 1.43 bits per heavy atom. The van der Waals surface area contributed by atoms with Gasteiger partial charge < -0.3 is 0 Å². The van der Waals surface area contributed by atoms with Crippen LogP contribution in [-0.2, 0) is 11.8 Å². The van der Waals surface area contributed by atoms with Crippen molar-refractivity contribution in [1.29, 1.82) is 0 Å². The zero-order chi connectivity index (χ0) is 16.0. The zero-order valence-corrected chi connectivity index (χ0v) is 14.6. The van der Waals surface area contributed by atoms with E-state index in [1.807, 2.05) is 6.08 Å². The first-order valence-corrected chi connectivity index (χ1v) is 9.28. The van der Waals surface area contributed by atoms with Crippen LogP contribution in [0.5, 0.6) is 0 Å². The van der Waals surface area contributed by atoms with E-state index in [4.69, 9.17) is 11.6 Å². The lowest BCUT2D eigenvalue weighted by Gasteiger charge is -2.60. The molecule has 1 saturated heterocycles. The maximum absolute atomic E-state index is 7.55. The number of halogens is 1. The van der Waals surface area contributed by atoms with E-state index in [9.17, 15) is 0 Å². The molecule has 1 heterocycles. The summed E-state index contributed by atoms with van der Waals surface area (Å²) in [7, 11) is 0. The standard InChI is InChI=1S/C21H24ClN/c1-4-10-23-14(3)21(22)9-8-13(2)17-11-15-6-5-7-16-18(23)12-20(17,21)19(15)16/h4-7,14,17-18H,1-2,8-12H2,3H3/t14?,17-,18?,20?,21?/m0/s1. The van der Waals surface area contributed by atoms with Crippen LogP contribution < -0.4 is 0 Å². The molecule has 4 aliphatic rings. The molecule has 1 nitrogen and oxygen atoms in total. The van der Waals surface area contributed by atoms with Gasteiger partial charge in [-0.3, -0.25) is 4.90 Å². The first-order chi connectivity index (χ1) is 11.0. The predicted molar refractivity (Wildman–Crippen MR) is 96.0 cm³/mol. The van der Waals surface area contributed by atoms with Gasteiger partial charge in [-0.1, -0.05) is 36.4 Å². The summed E-state index contributed by atoms with van der Waals surface area (Å²) in [5, 5.41) is 0. The Balaban J connectivity index is 1.82. The van der Waals surface area contributed by atoms with Crippen molar-refractivity contribution in [1.82, 2.24) is 4.90 Å². The van der Waals surface area contributed by atoms with Crippen LogP contribution in [0.3, 0.4) is 0 Å². The average molecular weight is 326 g/mol. The van der Waals surface area contributed by atoms with Crippen LogP contribution >= 0.6 is 11.6 Å². The summed E-state index contributed by atoms with van der Waals surface area (Å²) in [5.41, 5.74) is 6.24. The second kappa shape index (κ2) is 4.32. The highest BCUT2D eigenvalue weighted by Crippen LogP contribution is 2.72. The van der Waals surface area contributed by atoms with Gasteiger partial charge in [0.25, 0.3) is 0 Å². The van der Waals surface area contributed by atoms with Crippen molar-refractivity contribution >= 4 is 11.6 Å². The van der Waals surface area contributed by atoms with Gasteiger partial charge in [0, 0.05) is 24.0 Å². The maximum Gasteiger partial charge on any atom is 0.0705 e. The molecule has 23 heavy (non-hydrogen) atoms. The smallest absolute Gasteiger partial charge is 0.0705 e. The largest absolute Gasteiger partial charge is 0.288 e. The highest BCUT2D eigenvalue weighted by Gasteiger charge is 2.71. The number of allylic oxidation sites excluding steroid dienone is 1. The summed E-state index contributed by atoms with van der Waals surface area (Å²) in [6.45, 7) is 11.7. The van der Waals surface area contributed by atoms with Crippen LogP contribution in [0.1, 0.15) is 48.9 Å². The molecule has 2 heteroatoms. The quantitative estimate of drug-likeness (QED) is 0.560. The summed E-state index contributed by atoms with van der Waals surface area (Å²) in [4.78, 5) is 2.43. The lowest BCUT2D eigenvalue weighted by molar-refractivity contribution is 0.00176. The highest BCUT2D eigenvalue weighted by atomic mass is 35.5. The summed E-state index contributed by atoms with van der Waals surface area (Å²) in [5.74, 6) is 0.545. The van der Waals surface area contributed by atoms with E-state index in [1.165, 1.54) is 23.1 Å². The molecule has 4 unspecified atom stereocenters. The van der Waals surface area contributed by atoms with Crippen molar-refractivity contribution in [2.24, 2.45) is 5.92 Å². The van der Waals surface area contributed by atoms with Gasteiger partial charge >= 0.3 is 0 Å². The Morgan fingerprint density at radius 3 is 3.04 bits per heavy atom. The SMILES string of the molecule is C=CCN1C2CC34c5c(cccc52)C[C@H]3C(=C)CCC4(Cl)C1C. The fourth-order valence-corrected chi connectivity index (χ4v) is 7.11. The number of benzene rings is 1. The lowest BCUT2D eigenvalue weighted by Crippen LogP contribution is -2.66. The molecule has 5 atom stereocenters. The van der Waals surface area contributed by atoms with Gasteiger partial charge in [0.2, 0.25) is 0 Å². The molecule has 0 N–H and O–H groups in total. The van der Waals surface area contributed by atoms with E-state index >= 15 is 0 Å². The van der Waals surface area contributed by atoms with Gasteiger partial charge in [0.15, 0.2) is 0 Å². The van der Waals surface area contributed by atoms with E-state index in [2.05, 4.69) is 43.2 Å². The number of rotatable bonds is 2. The minimum atomic E-state index is -0.170. The van der Waals surface area contributed by atoms with Crippen LogP contribution in [0.15, 0.2) is 43.0 Å². The molecule has 5 rings (SSSR count). The van der Waals surface area contributed by atoms with Gasteiger partial charge in [0.05, 0.1) is 4.87 Å². The summed E-state index contributed by atoms with van der Waals surface area (Å²) >= 11 is 7.55. The van der Waals surface area contributed by atoms with Gasteiger partial charge in [0.1, 0.15) is 0 Å². The molecule has 1 spiro atoms. The number of fused-ring (bicyclic) bond motifs is 2. The third kappa shape index (κ3) is 1.38. The maximum atomic E-state index is 7.55. The van der Waals surface area contributed by atoms with Gasteiger partial charge in [-0.2, -0.15) is 0 Å². The van der Waals surface area contributed by atoms with Crippen molar-refractivity contribution in [3.8, 4) is 0 Å². The van der Waals surface area contributed by atoms with Crippen molar-refractivity contribution in [3.63, 3.8) is 0 Å². The Bertz CT molecular complexity index is 737. The van der Waals surface area contributed by atoms with E-state index in [0.29, 0.717) is 18.0 Å². The van der Waals surface area contributed by atoms with Crippen LogP contribution in [0, 0.1) is 5.92 Å². The van der Waals surface area contributed by atoms with Crippen molar-refractivity contribution in [2.75, 3.05) is 6.54 Å². The average Bonchev–Trinajstić information content (AvgIpc) is 3.05. The van der Waals surface area contributed by atoms with Crippen LogP contribution in [-0.4, -0.2) is 22.4 Å². The zero-order valence-electron chi connectivity index (χ0n) is 13.8. The fraction of sp³-hybridized carbons (Fsp3) is 0.524. The normalized spacial score (nSPS) is 43.6. The van der Waals surface area contributed by atoms with Crippen LogP contribution in [0.2, 0.25) is 0 Å². The Labute approximate surface area is 144 Å². The van der Waals surface area contributed by atoms with E-state index < -0.39 is 0 Å². The number of piperidine rings is 1. The Kier molecular flexibility index (Phi) is 2.69. The van der Waals surface area contributed by atoms with Crippen LogP contribution in [0.25, 0.3) is 0 Å². The summed E-state index contributed by atoms with van der Waals surface area (Å²) < 4.78 is 0. The van der Waals surface area contributed by atoms with Crippen molar-refractivity contribution in [2.45, 2.75) is 55.0 Å². The Hall–Kier alpha value is -1.05. The lowest BCUT2D eigenvalue weighted by atomic mass is 9.54. The third-order valence-corrected chi connectivity index (χ3v) is 8.31. The van der Waals surface area contributed by atoms with Crippen LogP contribution in [0.4, 0.5) is 0 Å². The molecule has 120 valence electrons. The molecule has 0 radical (unpaired) electrons. The molecule has 0 aromatic heterocycles. The first kappa shape index (κ1) is 14.3. The molecular formula is C21H24ClN. The summed E-state index contributed by atoms with van der Waals surface area (Å²) in [6.07, 6.45) is 6.49. The minimum absolute atomic E-state index is 0.123. The molecule has 2 fully saturated rings. The summed E-state index contributed by atoms with van der Waals surface area (Å²) in [6, 6.07) is 7.80. The van der Waals surface area contributed by atoms with Crippen molar-refractivity contribution < 1.29 is 0 Å². The number of hydrogen-bond acceptors (Lipinski definition) is 1. The third-order valence-electron chi connectivity index (χ3n) is 7.47. The fourth-order valence-electron chi connectivity index (χ4n) is 6.58. The molecule has 0 amide bonds. The molecule has 1 saturated carbocycles. The monoisotopic (exact) mass is 325 g/mol. The second-order valence-electron chi connectivity index (χ2n) is 8.01. The second-order valence-corrected chi connectivity index (χ2v) is 8.69. The molecule has 1 aromatic carbocycles. The predicted octanol–water partition coefficient (Wildman–Crippen LogP) is 4.76. The van der Waals surface area contributed by atoms with Gasteiger partial charge in [-0.25, -0.2) is 0 Å². The number of alkyl halides is 1. The van der Waals surface area contributed by atoms with Gasteiger partial charge in [-0.05, 0) is 55.2 Å². The van der Waals surface area contributed by atoms with E-state index in [-0.39, 0.29) is 10.3 Å². The molecule has 3 aliphatic carbocycles. The van der Waals surface area contributed by atoms with E-state index in [0.717, 1.165) is 25.8 Å². The minimum Gasteiger partial charge on any atom is -0.288 e. The molecule has 1 aromatic rings. The number of nitrogens with zero attached hydrogens (tertiary/aromatic N) is 1. The van der Waals surface area contributed by atoms with Gasteiger partial charge in [-0.15, -0.1) is 18.2 Å². The molecular weight excluding hydrogens is 302 g/mol. The molecule has 1 aliphatic heterocycles. The Morgan fingerprint density at radius 2 is 2.26 bits per heavy atom. The number of likely N-dealkylation sites (tertiary alicyclic amines) is 1. The first-order valence-electron chi connectivity index (χ1n) is 8.90. The molecule has 2 bridgehead atoms. The van der Waals surface area contributed by atoms with E-state index in [1.54, 1.807) is 5.56 Å². The number of hydrogen-bond donors (Lipinski definition) is 0. The van der Waals surface area contributed by atoms with Crippen molar-refractivity contribution in [3.05, 3.63) is 59.7 Å². The highest BCUT2D eigenvalue weighted by molar-refractivity contribution is 6.26.